The third-order valence-corrected chi connectivity index (χ3v) is 4.08. The smallest absolute Gasteiger partial charge is 0.341 e. The Hall–Kier alpha value is -2.48. The standard InChI is InChI=1S/C15H17FN4O3/c1-2-19-7-10(15(22)23)12(21)9-5-11(16)14(18-13(9)19)20-4-3-8(17)6-20/h5,7-8H,2-4,6,17H2,1H3,(H,22,23)/t8-/m1/s1. The van der Waals surface area contributed by atoms with Gasteiger partial charge in [-0.25, -0.2) is 14.2 Å². The Bertz CT molecular complexity index is 849. The highest BCUT2D eigenvalue weighted by molar-refractivity contribution is 5.92. The minimum absolute atomic E-state index is 0.0310. The van der Waals surface area contributed by atoms with Crippen molar-refractivity contribution in [1.29, 1.82) is 0 Å². The zero-order chi connectivity index (χ0) is 16.7. The largest absolute Gasteiger partial charge is 0.477 e. The Morgan fingerprint density at radius 1 is 1.57 bits per heavy atom. The lowest BCUT2D eigenvalue weighted by Gasteiger charge is -2.19. The lowest BCUT2D eigenvalue weighted by Crippen LogP contribution is -2.28. The lowest BCUT2D eigenvalue weighted by molar-refractivity contribution is 0.0695. The molecule has 0 radical (unpaired) electrons. The van der Waals surface area contributed by atoms with Gasteiger partial charge in [-0.1, -0.05) is 0 Å². The number of nitrogens with two attached hydrogens (primary N) is 1. The minimum atomic E-state index is -1.34. The molecule has 1 saturated heterocycles. The zero-order valence-corrected chi connectivity index (χ0v) is 12.6. The number of carbonyl (C=O) groups is 1. The molecule has 3 heterocycles. The van der Waals surface area contributed by atoms with Gasteiger partial charge in [0.15, 0.2) is 11.6 Å². The van der Waals surface area contributed by atoms with Crippen LogP contribution in [-0.2, 0) is 6.54 Å². The molecule has 0 aliphatic carbocycles. The van der Waals surface area contributed by atoms with E-state index >= 15 is 0 Å². The summed E-state index contributed by atoms with van der Waals surface area (Å²) in [6.45, 7) is 3.31. The fourth-order valence-corrected chi connectivity index (χ4v) is 2.87. The summed E-state index contributed by atoms with van der Waals surface area (Å²) in [5.41, 5.74) is 5.00. The average molecular weight is 320 g/mol. The van der Waals surface area contributed by atoms with Crippen LogP contribution < -0.4 is 16.1 Å². The second-order valence-corrected chi connectivity index (χ2v) is 5.62. The first-order chi connectivity index (χ1) is 10.9. The van der Waals surface area contributed by atoms with Crippen LogP contribution in [0.2, 0.25) is 0 Å². The van der Waals surface area contributed by atoms with Crippen molar-refractivity contribution in [2.75, 3.05) is 18.0 Å². The molecule has 3 N–H and O–H groups in total. The van der Waals surface area contributed by atoms with Gasteiger partial charge in [-0.15, -0.1) is 0 Å². The van der Waals surface area contributed by atoms with Crippen LogP contribution in [0.1, 0.15) is 23.7 Å². The summed E-state index contributed by atoms with van der Waals surface area (Å²) in [7, 11) is 0. The highest BCUT2D eigenvalue weighted by atomic mass is 19.1. The molecule has 0 spiro atoms. The van der Waals surface area contributed by atoms with Gasteiger partial charge in [-0.05, 0) is 19.4 Å². The maximum atomic E-state index is 14.4. The molecule has 7 nitrogen and oxygen atoms in total. The molecule has 0 saturated carbocycles. The molecule has 8 heteroatoms. The van der Waals surface area contributed by atoms with E-state index < -0.39 is 22.8 Å². The van der Waals surface area contributed by atoms with E-state index in [1.807, 2.05) is 0 Å². The van der Waals surface area contributed by atoms with Crippen LogP contribution in [0, 0.1) is 5.82 Å². The summed E-state index contributed by atoms with van der Waals surface area (Å²) in [6.07, 6.45) is 2.00. The van der Waals surface area contributed by atoms with E-state index in [0.29, 0.717) is 19.6 Å². The van der Waals surface area contributed by atoms with Gasteiger partial charge in [0.1, 0.15) is 11.2 Å². The lowest BCUT2D eigenvalue weighted by atomic mass is 10.2. The number of halogens is 1. The number of carboxylic acids is 1. The van der Waals surface area contributed by atoms with Crippen molar-refractivity contribution in [3.63, 3.8) is 0 Å². The Labute approximate surface area is 131 Å². The fraction of sp³-hybridized carbons (Fsp3) is 0.400. The number of aromatic nitrogens is 2. The van der Waals surface area contributed by atoms with E-state index in [9.17, 15) is 14.0 Å². The van der Waals surface area contributed by atoms with Crippen LogP contribution >= 0.6 is 0 Å². The number of carboxylic acid groups (broad SMARTS) is 1. The number of fused-ring (bicyclic) bond motifs is 1. The summed E-state index contributed by atoms with van der Waals surface area (Å²) < 4.78 is 15.9. The van der Waals surface area contributed by atoms with E-state index in [4.69, 9.17) is 10.8 Å². The number of rotatable bonds is 3. The van der Waals surface area contributed by atoms with E-state index in [1.165, 1.54) is 6.20 Å². The molecular formula is C15H17FN4O3. The maximum absolute atomic E-state index is 14.4. The van der Waals surface area contributed by atoms with E-state index in [0.717, 1.165) is 12.5 Å². The molecule has 2 aromatic rings. The molecule has 2 aromatic heterocycles. The number of aromatic carboxylic acids is 1. The molecule has 0 aromatic carbocycles. The predicted octanol–water partition coefficient (Wildman–Crippen LogP) is 0.791. The summed E-state index contributed by atoms with van der Waals surface area (Å²) in [5.74, 6) is -1.84. The van der Waals surface area contributed by atoms with Crippen molar-refractivity contribution in [3.05, 3.63) is 33.9 Å². The molecule has 0 bridgehead atoms. The summed E-state index contributed by atoms with van der Waals surface area (Å²) in [6, 6.07) is 1.04. The highest BCUT2D eigenvalue weighted by Crippen LogP contribution is 2.24. The third kappa shape index (κ3) is 2.55. The average Bonchev–Trinajstić information content (AvgIpc) is 2.93. The van der Waals surface area contributed by atoms with Gasteiger partial charge in [-0.3, -0.25) is 4.79 Å². The predicted molar refractivity (Wildman–Crippen MR) is 83.4 cm³/mol. The molecule has 3 rings (SSSR count). The molecule has 1 aliphatic heterocycles. The SMILES string of the molecule is CCn1cc(C(=O)O)c(=O)c2cc(F)c(N3CC[C@@H](N)C3)nc21. The normalized spacial score (nSPS) is 17.9. The fourth-order valence-electron chi connectivity index (χ4n) is 2.87. The number of pyridine rings is 2. The van der Waals surface area contributed by atoms with Gasteiger partial charge >= 0.3 is 5.97 Å². The van der Waals surface area contributed by atoms with Crippen LogP contribution in [0.4, 0.5) is 10.2 Å². The number of nitrogens with zero attached hydrogens (tertiary/aromatic N) is 3. The Balaban J connectivity index is 2.25. The third-order valence-electron chi connectivity index (χ3n) is 4.08. The molecule has 1 atom stereocenters. The topological polar surface area (TPSA) is 101 Å². The van der Waals surface area contributed by atoms with Gasteiger partial charge in [0.05, 0.1) is 5.39 Å². The van der Waals surface area contributed by atoms with E-state index in [2.05, 4.69) is 4.98 Å². The van der Waals surface area contributed by atoms with Crippen LogP contribution in [0.5, 0.6) is 0 Å². The van der Waals surface area contributed by atoms with E-state index in [-0.39, 0.29) is 22.9 Å². The van der Waals surface area contributed by atoms with Gasteiger partial charge in [0, 0.05) is 31.9 Å². The molecule has 23 heavy (non-hydrogen) atoms. The van der Waals surface area contributed by atoms with Crippen molar-refractivity contribution < 1.29 is 14.3 Å². The first-order valence-corrected chi connectivity index (χ1v) is 7.40. The molecule has 122 valence electrons. The molecule has 1 fully saturated rings. The molecule has 0 unspecified atom stereocenters. The Kier molecular flexibility index (Phi) is 3.77. The van der Waals surface area contributed by atoms with Gasteiger partial charge < -0.3 is 20.3 Å². The summed E-state index contributed by atoms with van der Waals surface area (Å²) in [5, 5.41) is 9.09. The molecule has 0 amide bonds. The molecule has 1 aliphatic rings. The van der Waals surface area contributed by atoms with Crippen LogP contribution in [0.25, 0.3) is 11.0 Å². The number of anilines is 1. The monoisotopic (exact) mass is 320 g/mol. The van der Waals surface area contributed by atoms with Crippen LogP contribution in [0.3, 0.4) is 0 Å². The number of hydrogen-bond donors (Lipinski definition) is 2. The van der Waals surface area contributed by atoms with Crippen molar-refractivity contribution in [2.45, 2.75) is 25.9 Å². The summed E-state index contributed by atoms with van der Waals surface area (Å²) in [4.78, 5) is 29.5. The highest BCUT2D eigenvalue weighted by Gasteiger charge is 2.25. The van der Waals surface area contributed by atoms with Gasteiger partial charge in [0.2, 0.25) is 5.43 Å². The summed E-state index contributed by atoms with van der Waals surface area (Å²) >= 11 is 0. The van der Waals surface area contributed by atoms with Crippen LogP contribution in [0.15, 0.2) is 17.1 Å². The van der Waals surface area contributed by atoms with Gasteiger partial charge in [0.25, 0.3) is 0 Å². The first kappa shape index (κ1) is 15.4. The first-order valence-electron chi connectivity index (χ1n) is 7.40. The Morgan fingerprint density at radius 3 is 2.87 bits per heavy atom. The van der Waals surface area contributed by atoms with Crippen molar-refractivity contribution >= 4 is 22.8 Å². The minimum Gasteiger partial charge on any atom is -0.477 e. The zero-order valence-electron chi connectivity index (χ0n) is 12.6. The second kappa shape index (κ2) is 5.62. The van der Waals surface area contributed by atoms with Crippen molar-refractivity contribution in [2.24, 2.45) is 5.73 Å². The van der Waals surface area contributed by atoms with Gasteiger partial charge in [-0.2, -0.15) is 0 Å². The van der Waals surface area contributed by atoms with Crippen molar-refractivity contribution in [3.8, 4) is 0 Å². The van der Waals surface area contributed by atoms with Crippen molar-refractivity contribution in [1.82, 2.24) is 9.55 Å². The van der Waals surface area contributed by atoms with Crippen LogP contribution in [-0.4, -0.2) is 39.8 Å². The Morgan fingerprint density at radius 2 is 2.30 bits per heavy atom. The maximum Gasteiger partial charge on any atom is 0.341 e. The number of aryl methyl sites for hydroxylation is 1. The van der Waals surface area contributed by atoms with E-state index in [1.54, 1.807) is 16.4 Å². The number of hydrogen-bond acceptors (Lipinski definition) is 5. The molecular weight excluding hydrogens is 303 g/mol. The quantitative estimate of drug-likeness (QED) is 0.867. The second-order valence-electron chi connectivity index (χ2n) is 5.62.